The zero-order valence-electron chi connectivity index (χ0n) is 10.7. The van der Waals surface area contributed by atoms with Crippen LogP contribution < -0.4 is 5.43 Å². The van der Waals surface area contributed by atoms with Crippen molar-refractivity contribution in [3.05, 3.63) is 28.7 Å². The second kappa shape index (κ2) is 6.40. The summed E-state index contributed by atoms with van der Waals surface area (Å²) in [5.74, 6) is 0.705. The summed E-state index contributed by atoms with van der Waals surface area (Å²) in [6.07, 6.45) is 5.29. The van der Waals surface area contributed by atoms with Gasteiger partial charge in [-0.1, -0.05) is 6.92 Å². The van der Waals surface area contributed by atoms with Gasteiger partial charge in [0.05, 0.1) is 0 Å². The molecule has 0 spiro atoms. The zero-order chi connectivity index (χ0) is 13.8. The summed E-state index contributed by atoms with van der Waals surface area (Å²) in [4.78, 5) is 14.0. The third-order valence-electron chi connectivity index (χ3n) is 2.79. The number of sulfonamides is 1. The summed E-state index contributed by atoms with van der Waals surface area (Å²) < 4.78 is 25.9. The quantitative estimate of drug-likeness (QED) is 0.853. The second-order valence-electron chi connectivity index (χ2n) is 3.91. The van der Waals surface area contributed by atoms with Crippen molar-refractivity contribution >= 4 is 21.8 Å². The molecule has 1 unspecified atom stereocenters. The highest BCUT2D eigenvalue weighted by molar-refractivity contribution is 7.98. The first-order valence-corrected chi connectivity index (χ1v) is 8.42. The van der Waals surface area contributed by atoms with Crippen molar-refractivity contribution in [2.45, 2.75) is 24.3 Å². The molecule has 0 saturated heterocycles. The Labute approximate surface area is 112 Å². The number of H-pyrrole nitrogens is 1. The van der Waals surface area contributed by atoms with E-state index >= 15 is 0 Å². The van der Waals surface area contributed by atoms with Crippen LogP contribution in [0.5, 0.6) is 0 Å². The molecule has 0 aliphatic rings. The molecular weight excluding hydrogens is 272 g/mol. The lowest BCUT2D eigenvalue weighted by molar-refractivity contribution is 0.385. The summed E-state index contributed by atoms with van der Waals surface area (Å²) in [5, 5.41) is 0. The minimum Gasteiger partial charge on any atom is -0.366 e. The van der Waals surface area contributed by atoms with Gasteiger partial charge in [0, 0.05) is 37.3 Å². The normalized spacial score (nSPS) is 13.8. The van der Waals surface area contributed by atoms with Crippen LogP contribution in [0, 0.1) is 0 Å². The lowest BCUT2D eigenvalue weighted by Crippen LogP contribution is -2.40. The molecule has 1 rings (SSSR count). The van der Waals surface area contributed by atoms with E-state index < -0.39 is 15.5 Å². The van der Waals surface area contributed by atoms with Crippen LogP contribution in [0.2, 0.25) is 0 Å². The Morgan fingerprint density at radius 3 is 2.67 bits per heavy atom. The second-order valence-corrected chi connectivity index (χ2v) is 6.79. The number of thioether (sulfide) groups is 1. The molecule has 18 heavy (non-hydrogen) atoms. The Morgan fingerprint density at radius 2 is 2.17 bits per heavy atom. The molecule has 0 bridgehead atoms. The van der Waals surface area contributed by atoms with Gasteiger partial charge in [0.2, 0.25) is 15.5 Å². The first kappa shape index (κ1) is 15.3. The zero-order valence-corrected chi connectivity index (χ0v) is 12.3. The Kier molecular flexibility index (Phi) is 5.43. The fourth-order valence-corrected chi connectivity index (χ4v) is 4.03. The van der Waals surface area contributed by atoms with Gasteiger partial charge in [-0.05, 0) is 12.7 Å². The minimum absolute atomic E-state index is 0.107. The van der Waals surface area contributed by atoms with Crippen LogP contribution in [-0.4, -0.2) is 42.8 Å². The van der Waals surface area contributed by atoms with Crippen molar-refractivity contribution in [1.29, 1.82) is 0 Å². The molecule has 102 valence electrons. The summed E-state index contributed by atoms with van der Waals surface area (Å²) >= 11 is 1.59. The summed E-state index contributed by atoms with van der Waals surface area (Å²) in [7, 11) is -2.21. The van der Waals surface area contributed by atoms with Gasteiger partial charge in [-0.2, -0.15) is 16.1 Å². The fraction of sp³-hybridized carbons (Fsp3) is 0.545. The van der Waals surface area contributed by atoms with E-state index in [9.17, 15) is 13.2 Å². The molecule has 7 heteroatoms. The highest BCUT2D eigenvalue weighted by atomic mass is 32.2. The molecule has 0 aliphatic heterocycles. The number of nitrogens with one attached hydrogen (secondary N) is 1. The summed E-state index contributed by atoms with van der Waals surface area (Å²) in [5.41, 5.74) is -0.486. The van der Waals surface area contributed by atoms with Crippen LogP contribution in [-0.2, 0) is 10.0 Å². The molecule has 1 aromatic heterocycles. The maximum atomic E-state index is 12.3. The van der Waals surface area contributed by atoms with E-state index in [1.54, 1.807) is 11.8 Å². The van der Waals surface area contributed by atoms with Crippen LogP contribution in [0.15, 0.2) is 28.2 Å². The van der Waals surface area contributed by atoms with Crippen molar-refractivity contribution in [1.82, 2.24) is 9.29 Å². The minimum atomic E-state index is -3.73. The van der Waals surface area contributed by atoms with E-state index in [2.05, 4.69) is 4.98 Å². The predicted molar refractivity (Wildman–Crippen MR) is 74.5 cm³/mol. The first-order valence-electron chi connectivity index (χ1n) is 5.59. The van der Waals surface area contributed by atoms with E-state index in [4.69, 9.17) is 0 Å². The van der Waals surface area contributed by atoms with Gasteiger partial charge in [0.15, 0.2) is 0 Å². The molecule has 0 fully saturated rings. The molecular formula is C11H18N2O3S2. The smallest absolute Gasteiger partial charge is 0.248 e. The Morgan fingerprint density at radius 1 is 1.50 bits per heavy atom. The van der Waals surface area contributed by atoms with Gasteiger partial charge in [0.25, 0.3) is 0 Å². The Hall–Kier alpha value is -0.790. The molecule has 1 aromatic rings. The topological polar surface area (TPSA) is 70.2 Å². The number of hydrogen-bond acceptors (Lipinski definition) is 4. The maximum absolute atomic E-state index is 12.3. The highest BCUT2D eigenvalue weighted by Gasteiger charge is 2.28. The number of aromatic nitrogens is 1. The van der Waals surface area contributed by atoms with Gasteiger partial charge >= 0.3 is 0 Å². The van der Waals surface area contributed by atoms with Gasteiger partial charge in [-0.25, -0.2) is 8.42 Å². The van der Waals surface area contributed by atoms with Crippen LogP contribution in [0.4, 0.5) is 0 Å². The van der Waals surface area contributed by atoms with Crippen molar-refractivity contribution in [3.8, 4) is 0 Å². The third kappa shape index (κ3) is 3.15. The Bertz CT molecular complexity index is 539. The molecule has 0 radical (unpaired) electrons. The van der Waals surface area contributed by atoms with Gasteiger partial charge in [0.1, 0.15) is 4.90 Å². The van der Waals surface area contributed by atoms with E-state index in [1.165, 1.54) is 29.8 Å². The van der Waals surface area contributed by atoms with Crippen LogP contribution in [0.25, 0.3) is 0 Å². The molecule has 0 aliphatic carbocycles. The van der Waals surface area contributed by atoms with Gasteiger partial charge in [-0.15, -0.1) is 0 Å². The molecule has 0 aromatic carbocycles. The average molecular weight is 290 g/mol. The molecule has 0 saturated carbocycles. The van der Waals surface area contributed by atoms with E-state index in [-0.39, 0.29) is 10.9 Å². The monoisotopic (exact) mass is 290 g/mol. The lowest BCUT2D eigenvalue weighted by atomic mass is 10.3. The number of nitrogens with zero attached hydrogens (tertiary/aromatic N) is 1. The molecule has 1 heterocycles. The third-order valence-corrected chi connectivity index (χ3v) is 5.44. The SMILES string of the molecule is CCC(CSC)N(C)S(=O)(=O)c1c[nH]ccc1=O. The van der Waals surface area contributed by atoms with Crippen molar-refractivity contribution < 1.29 is 8.42 Å². The fourth-order valence-electron chi connectivity index (χ4n) is 1.63. The number of rotatable bonds is 6. The van der Waals surface area contributed by atoms with Gasteiger partial charge < -0.3 is 4.98 Å². The van der Waals surface area contributed by atoms with Crippen molar-refractivity contribution in [3.63, 3.8) is 0 Å². The molecule has 1 atom stereocenters. The summed E-state index contributed by atoms with van der Waals surface area (Å²) in [6, 6.07) is 1.11. The lowest BCUT2D eigenvalue weighted by Gasteiger charge is -2.25. The van der Waals surface area contributed by atoms with Crippen LogP contribution in [0.1, 0.15) is 13.3 Å². The average Bonchev–Trinajstić information content (AvgIpc) is 2.35. The largest absolute Gasteiger partial charge is 0.366 e. The molecule has 0 amide bonds. The standard InChI is InChI=1S/C11H18N2O3S2/c1-4-9(8-17-3)13(2)18(15,16)11-7-12-6-5-10(11)14/h5-7,9H,4,8H2,1-3H3,(H,12,14). The van der Waals surface area contributed by atoms with Crippen LogP contribution >= 0.6 is 11.8 Å². The maximum Gasteiger partial charge on any atom is 0.248 e. The molecule has 1 N–H and O–H groups in total. The highest BCUT2D eigenvalue weighted by Crippen LogP contribution is 2.16. The molecule has 5 nitrogen and oxygen atoms in total. The predicted octanol–water partition coefficient (Wildman–Crippen LogP) is 1.14. The van der Waals surface area contributed by atoms with E-state index in [0.29, 0.717) is 12.2 Å². The number of aromatic amines is 1. The van der Waals surface area contributed by atoms with Crippen molar-refractivity contribution in [2.75, 3.05) is 19.1 Å². The van der Waals surface area contributed by atoms with E-state index in [0.717, 1.165) is 0 Å². The number of hydrogen-bond donors (Lipinski definition) is 1. The van der Waals surface area contributed by atoms with Crippen LogP contribution in [0.3, 0.4) is 0 Å². The van der Waals surface area contributed by atoms with Crippen molar-refractivity contribution in [2.24, 2.45) is 0 Å². The van der Waals surface area contributed by atoms with E-state index in [1.807, 2.05) is 13.2 Å². The van der Waals surface area contributed by atoms with Gasteiger partial charge in [-0.3, -0.25) is 4.79 Å². The summed E-state index contributed by atoms with van der Waals surface area (Å²) in [6.45, 7) is 1.93. The Balaban J connectivity index is 3.14. The first-order chi connectivity index (χ1) is 8.45. The number of pyridine rings is 1.